The molecule has 292 valence electrons. The van der Waals surface area contributed by atoms with Crippen molar-refractivity contribution in [2.45, 2.75) is 39.0 Å². The number of benzene rings is 4. The third-order valence-electron chi connectivity index (χ3n) is 11.1. The molecule has 8 rings (SSSR count). The quantitative estimate of drug-likeness (QED) is 0.149. The number of anilines is 1. The molecule has 0 radical (unpaired) electrons. The van der Waals surface area contributed by atoms with Gasteiger partial charge in [0.15, 0.2) is 0 Å². The minimum Gasteiger partial charge on any atom is -0.493 e. The Kier molecular flexibility index (Phi) is 10.5. The van der Waals surface area contributed by atoms with Crippen molar-refractivity contribution in [1.82, 2.24) is 23.6 Å². The molecule has 2 aliphatic heterocycles. The molecule has 2 aromatic heterocycles. The van der Waals surface area contributed by atoms with Crippen LogP contribution in [0.4, 0.5) is 5.69 Å². The van der Waals surface area contributed by atoms with Crippen LogP contribution in [-0.4, -0.2) is 95.7 Å². The van der Waals surface area contributed by atoms with E-state index in [1.54, 1.807) is 0 Å². The summed E-state index contributed by atoms with van der Waals surface area (Å²) in [5, 5.41) is 18.9. The maximum Gasteiger partial charge on any atom is 0.352 e. The zero-order valence-electron chi connectivity index (χ0n) is 32.1. The standard InChI is InChI=1S/C43H48N6O6S/c1-45-21-9-22-49-41-34(35(42(49)43(50)51)15-8-27-54-39-16-6-11-30-10-4-5-12-33(30)39)13-7-14-36(41)40-37(44-46(2)38(40)28-45)29-55-32-19-17-31(18-20-32)47-23-25-48(26-24-47)56(3,52)53/h4-7,10-14,16-20H,8-9,15,21-29H2,1-3H3,(H,50,51). The molecule has 13 heteroatoms. The second-order valence-electron chi connectivity index (χ2n) is 14.8. The fourth-order valence-electron chi connectivity index (χ4n) is 8.39. The maximum absolute atomic E-state index is 13.2. The van der Waals surface area contributed by atoms with Crippen LogP contribution in [0.15, 0.2) is 84.9 Å². The number of carboxylic acids is 1. The lowest BCUT2D eigenvalue weighted by molar-refractivity contribution is 0.0683. The highest BCUT2D eigenvalue weighted by Gasteiger charge is 2.29. The number of aromatic carboxylic acids is 1. The van der Waals surface area contributed by atoms with E-state index in [0.717, 1.165) is 74.2 Å². The Labute approximate surface area is 327 Å². The molecule has 4 aromatic carbocycles. The van der Waals surface area contributed by atoms with Crippen LogP contribution in [0.2, 0.25) is 0 Å². The predicted octanol–water partition coefficient (Wildman–Crippen LogP) is 6.40. The minimum absolute atomic E-state index is 0.223. The van der Waals surface area contributed by atoms with Gasteiger partial charge in [0.25, 0.3) is 0 Å². The molecule has 0 unspecified atom stereocenters. The summed E-state index contributed by atoms with van der Waals surface area (Å²) < 4.78 is 42.1. The lowest BCUT2D eigenvalue weighted by atomic mass is 9.97. The average molecular weight is 777 g/mol. The zero-order valence-corrected chi connectivity index (χ0v) is 33.0. The normalized spacial score (nSPS) is 15.6. The van der Waals surface area contributed by atoms with Crippen molar-refractivity contribution < 1.29 is 27.8 Å². The molecule has 4 heterocycles. The van der Waals surface area contributed by atoms with Crippen LogP contribution < -0.4 is 14.4 Å². The molecule has 0 bridgehead atoms. The molecule has 0 aliphatic carbocycles. The number of aryl methyl sites for hydroxylation is 3. The highest BCUT2D eigenvalue weighted by atomic mass is 32.2. The Balaban J connectivity index is 1.08. The molecule has 0 saturated carbocycles. The van der Waals surface area contributed by atoms with Crippen molar-refractivity contribution in [3.05, 3.63) is 108 Å². The number of carbonyl (C=O) groups is 1. The molecule has 1 N–H and O–H groups in total. The Morgan fingerprint density at radius 3 is 2.34 bits per heavy atom. The molecule has 12 nitrogen and oxygen atoms in total. The van der Waals surface area contributed by atoms with Crippen LogP contribution in [0.5, 0.6) is 11.5 Å². The highest BCUT2D eigenvalue weighted by Crippen LogP contribution is 2.40. The van der Waals surface area contributed by atoms with Gasteiger partial charge >= 0.3 is 5.97 Å². The Morgan fingerprint density at radius 1 is 0.839 bits per heavy atom. The summed E-state index contributed by atoms with van der Waals surface area (Å²) in [5.74, 6) is 0.592. The van der Waals surface area contributed by atoms with Crippen molar-refractivity contribution in [1.29, 1.82) is 0 Å². The van der Waals surface area contributed by atoms with Crippen molar-refractivity contribution in [2.24, 2.45) is 7.05 Å². The topological polar surface area (TPSA) is 122 Å². The van der Waals surface area contributed by atoms with Crippen LogP contribution in [0.25, 0.3) is 32.8 Å². The summed E-state index contributed by atoms with van der Waals surface area (Å²) in [5.41, 5.74) is 6.82. The minimum atomic E-state index is -3.20. The highest BCUT2D eigenvalue weighted by molar-refractivity contribution is 7.88. The molecule has 0 atom stereocenters. The van der Waals surface area contributed by atoms with Gasteiger partial charge in [-0.25, -0.2) is 13.2 Å². The number of carboxylic acid groups (broad SMARTS) is 1. The molecular weight excluding hydrogens is 729 g/mol. The van der Waals surface area contributed by atoms with Crippen molar-refractivity contribution in [2.75, 3.05) is 57.5 Å². The number of ether oxygens (including phenoxy) is 2. The van der Waals surface area contributed by atoms with Crippen LogP contribution in [0.1, 0.15) is 40.3 Å². The summed E-state index contributed by atoms with van der Waals surface area (Å²) >= 11 is 0. The fourth-order valence-corrected chi connectivity index (χ4v) is 9.21. The molecular formula is C43H48N6O6S. The van der Waals surface area contributed by atoms with E-state index in [2.05, 4.69) is 47.2 Å². The first kappa shape index (κ1) is 37.5. The third-order valence-corrected chi connectivity index (χ3v) is 12.4. The average Bonchev–Trinajstić information content (AvgIpc) is 3.68. The van der Waals surface area contributed by atoms with Crippen molar-refractivity contribution in [3.8, 4) is 22.6 Å². The van der Waals surface area contributed by atoms with Crippen LogP contribution >= 0.6 is 0 Å². The number of rotatable bonds is 11. The SMILES string of the molecule is CN1CCCn2c(C(=O)O)c(CCCOc3cccc4ccccc34)c3cccc(c32)-c2c(COc3ccc(N4CCN(S(C)(=O)=O)CC4)cc3)nn(C)c2C1. The van der Waals surface area contributed by atoms with Crippen LogP contribution in [-0.2, 0) is 43.2 Å². The lowest BCUT2D eigenvalue weighted by Crippen LogP contribution is -2.48. The smallest absolute Gasteiger partial charge is 0.352 e. The predicted molar refractivity (Wildman–Crippen MR) is 219 cm³/mol. The fraction of sp³-hybridized carbons (Fsp3) is 0.349. The summed E-state index contributed by atoms with van der Waals surface area (Å²) in [6.45, 7) is 4.90. The van der Waals surface area contributed by atoms with Gasteiger partial charge in [-0.1, -0.05) is 54.6 Å². The van der Waals surface area contributed by atoms with Gasteiger partial charge in [-0.3, -0.25) is 4.68 Å². The maximum atomic E-state index is 13.2. The first-order chi connectivity index (χ1) is 27.1. The van der Waals surface area contributed by atoms with Crippen LogP contribution in [0, 0.1) is 0 Å². The summed E-state index contributed by atoms with van der Waals surface area (Å²) in [7, 11) is 0.856. The summed E-state index contributed by atoms with van der Waals surface area (Å²) in [4.78, 5) is 17.6. The van der Waals surface area contributed by atoms with E-state index in [-0.39, 0.29) is 6.61 Å². The van der Waals surface area contributed by atoms with Crippen molar-refractivity contribution in [3.63, 3.8) is 0 Å². The van der Waals surface area contributed by atoms with E-state index in [0.29, 0.717) is 70.2 Å². The van der Waals surface area contributed by atoms with Gasteiger partial charge in [0.2, 0.25) is 10.0 Å². The van der Waals surface area contributed by atoms with Gasteiger partial charge in [0.05, 0.1) is 24.1 Å². The molecule has 2 aliphatic rings. The van der Waals surface area contributed by atoms with E-state index < -0.39 is 16.0 Å². The number of sulfonamides is 1. The van der Waals surface area contributed by atoms with Gasteiger partial charge in [0, 0.05) is 73.9 Å². The molecule has 56 heavy (non-hydrogen) atoms. The Morgan fingerprint density at radius 2 is 1.57 bits per heavy atom. The molecule has 0 spiro atoms. The largest absolute Gasteiger partial charge is 0.493 e. The molecule has 6 aromatic rings. The van der Waals surface area contributed by atoms with Gasteiger partial charge < -0.3 is 28.9 Å². The number of hydrogen-bond donors (Lipinski definition) is 1. The molecule has 1 saturated heterocycles. The number of aromatic nitrogens is 3. The van der Waals surface area contributed by atoms with Crippen LogP contribution in [0.3, 0.4) is 0 Å². The second-order valence-corrected chi connectivity index (χ2v) is 16.8. The van der Waals surface area contributed by atoms with E-state index in [1.807, 2.05) is 70.9 Å². The first-order valence-electron chi connectivity index (χ1n) is 19.2. The number of para-hydroxylation sites is 1. The third kappa shape index (κ3) is 7.46. The van der Waals surface area contributed by atoms with Gasteiger partial charge in [-0.2, -0.15) is 9.40 Å². The van der Waals surface area contributed by atoms with E-state index >= 15 is 0 Å². The number of hydrogen-bond acceptors (Lipinski definition) is 8. The lowest BCUT2D eigenvalue weighted by Gasteiger charge is -2.34. The van der Waals surface area contributed by atoms with Crippen molar-refractivity contribution >= 4 is 43.4 Å². The number of nitrogens with zero attached hydrogens (tertiary/aromatic N) is 6. The van der Waals surface area contributed by atoms with E-state index in [4.69, 9.17) is 14.6 Å². The van der Waals surface area contributed by atoms with Gasteiger partial charge in [-0.05, 0) is 74.1 Å². The van der Waals surface area contributed by atoms with Gasteiger partial charge in [-0.15, -0.1) is 0 Å². The Bertz CT molecular complexity index is 2500. The number of piperazine rings is 1. The zero-order chi connectivity index (χ0) is 39.0. The summed E-state index contributed by atoms with van der Waals surface area (Å²) in [6, 6.07) is 28.3. The molecule has 1 fully saturated rings. The second kappa shape index (κ2) is 15.6. The Hall–Kier alpha value is -5.37. The summed E-state index contributed by atoms with van der Waals surface area (Å²) in [6.07, 6.45) is 3.26. The molecule has 0 amide bonds. The monoisotopic (exact) mass is 776 g/mol. The number of fused-ring (bicyclic) bond motifs is 3. The van der Waals surface area contributed by atoms with Gasteiger partial charge in [0.1, 0.15) is 29.5 Å². The van der Waals surface area contributed by atoms with E-state index in [1.165, 1.54) is 10.6 Å². The van der Waals surface area contributed by atoms with E-state index in [9.17, 15) is 18.3 Å². The first-order valence-corrected chi connectivity index (χ1v) is 21.1.